The van der Waals surface area contributed by atoms with Crippen molar-refractivity contribution in [1.82, 2.24) is 9.63 Å². The van der Waals surface area contributed by atoms with Crippen LogP contribution in [-0.2, 0) is 11.4 Å². The standard InChI is InChI=1S/C20H20N2O/c1-14(15-7-3-2-4-8-15)22-20-12-17(23-22)13-21-18-10-6-5-9-16(18)11-19(20)21/h2-11,14,17,20H,12-13H2,1H3/t14-,17-,20+/m1/s1. The predicted octanol–water partition coefficient (Wildman–Crippen LogP) is 4.46. The van der Waals surface area contributed by atoms with Crippen LogP contribution in [0.5, 0.6) is 0 Å². The summed E-state index contributed by atoms with van der Waals surface area (Å²) in [7, 11) is 0. The Labute approximate surface area is 136 Å². The third kappa shape index (κ3) is 1.97. The summed E-state index contributed by atoms with van der Waals surface area (Å²) in [5, 5.41) is 3.56. The molecule has 0 amide bonds. The number of hydroxylamine groups is 2. The van der Waals surface area contributed by atoms with Crippen molar-refractivity contribution >= 4 is 10.9 Å². The molecule has 3 heterocycles. The average Bonchev–Trinajstić information content (AvgIpc) is 3.15. The topological polar surface area (TPSA) is 17.4 Å². The second kappa shape index (κ2) is 4.95. The Hall–Kier alpha value is -2.10. The summed E-state index contributed by atoms with van der Waals surface area (Å²) in [5.41, 5.74) is 4.03. The Balaban J connectivity index is 1.57. The van der Waals surface area contributed by atoms with Crippen LogP contribution in [0.3, 0.4) is 0 Å². The van der Waals surface area contributed by atoms with E-state index in [-0.39, 0.29) is 12.1 Å². The molecule has 0 N–H and O–H groups in total. The number of nitrogens with zero attached hydrogens (tertiary/aromatic N) is 2. The lowest BCUT2D eigenvalue weighted by molar-refractivity contribution is -0.185. The van der Waals surface area contributed by atoms with Gasteiger partial charge in [0.25, 0.3) is 0 Å². The largest absolute Gasteiger partial charge is 0.340 e. The van der Waals surface area contributed by atoms with E-state index in [1.54, 1.807) is 0 Å². The van der Waals surface area contributed by atoms with Gasteiger partial charge in [-0.05, 0) is 30.0 Å². The van der Waals surface area contributed by atoms with Crippen LogP contribution >= 0.6 is 0 Å². The van der Waals surface area contributed by atoms with Gasteiger partial charge >= 0.3 is 0 Å². The molecule has 3 heteroatoms. The van der Waals surface area contributed by atoms with Gasteiger partial charge in [-0.2, -0.15) is 5.06 Å². The molecule has 2 aliphatic rings. The first-order chi connectivity index (χ1) is 11.3. The van der Waals surface area contributed by atoms with Crippen molar-refractivity contribution in [2.24, 2.45) is 0 Å². The van der Waals surface area contributed by atoms with Gasteiger partial charge in [-0.15, -0.1) is 0 Å². The maximum Gasteiger partial charge on any atom is 0.0991 e. The molecule has 5 rings (SSSR count). The Bertz CT molecular complexity index is 854. The van der Waals surface area contributed by atoms with Crippen LogP contribution in [0.1, 0.15) is 36.7 Å². The van der Waals surface area contributed by atoms with E-state index < -0.39 is 0 Å². The van der Waals surface area contributed by atoms with Gasteiger partial charge in [0, 0.05) is 17.6 Å². The molecule has 1 aromatic heterocycles. The van der Waals surface area contributed by atoms with Gasteiger partial charge in [0.1, 0.15) is 0 Å². The molecule has 23 heavy (non-hydrogen) atoms. The van der Waals surface area contributed by atoms with Gasteiger partial charge in [0.2, 0.25) is 0 Å². The zero-order chi connectivity index (χ0) is 15.4. The molecule has 3 aromatic rings. The Morgan fingerprint density at radius 3 is 2.70 bits per heavy atom. The summed E-state index contributed by atoms with van der Waals surface area (Å²) < 4.78 is 2.45. The summed E-state index contributed by atoms with van der Waals surface area (Å²) in [6.45, 7) is 3.19. The normalized spacial score (nSPS) is 24.7. The first-order valence-electron chi connectivity index (χ1n) is 8.39. The van der Waals surface area contributed by atoms with Crippen molar-refractivity contribution in [3.05, 3.63) is 71.9 Å². The van der Waals surface area contributed by atoms with Crippen molar-refractivity contribution < 1.29 is 4.84 Å². The molecule has 2 bridgehead atoms. The maximum atomic E-state index is 6.30. The maximum absolute atomic E-state index is 6.30. The number of benzene rings is 2. The summed E-state index contributed by atoms with van der Waals surface area (Å²) in [6.07, 6.45) is 1.38. The summed E-state index contributed by atoms with van der Waals surface area (Å²) in [6, 6.07) is 22.3. The smallest absolute Gasteiger partial charge is 0.0991 e. The summed E-state index contributed by atoms with van der Waals surface area (Å²) >= 11 is 0. The van der Waals surface area contributed by atoms with E-state index in [9.17, 15) is 0 Å². The summed E-state index contributed by atoms with van der Waals surface area (Å²) in [4.78, 5) is 6.30. The first-order valence-corrected chi connectivity index (χ1v) is 8.39. The Kier molecular flexibility index (Phi) is 2.87. The highest BCUT2D eigenvalue weighted by atomic mass is 16.7. The molecule has 0 saturated carbocycles. The minimum Gasteiger partial charge on any atom is -0.340 e. The number of hydrogen-bond donors (Lipinski definition) is 0. The monoisotopic (exact) mass is 304 g/mol. The van der Waals surface area contributed by atoms with Crippen molar-refractivity contribution in [3.63, 3.8) is 0 Å². The van der Waals surface area contributed by atoms with E-state index in [1.165, 1.54) is 22.2 Å². The molecular formula is C20H20N2O. The number of fused-ring (bicyclic) bond motifs is 6. The lowest BCUT2D eigenvalue weighted by Crippen LogP contribution is -2.26. The van der Waals surface area contributed by atoms with Crippen LogP contribution in [-0.4, -0.2) is 15.7 Å². The van der Waals surface area contributed by atoms with Crippen molar-refractivity contribution in [3.8, 4) is 0 Å². The lowest BCUT2D eigenvalue weighted by atomic mass is 10.0. The third-order valence-electron chi connectivity index (χ3n) is 5.30. The zero-order valence-electron chi connectivity index (χ0n) is 13.2. The van der Waals surface area contributed by atoms with E-state index in [1.807, 2.05) is 0 Å². The molecular weight excluding hydrogens is 284 g/mol. The van der Waals surface area contributed by atoms with Gasteiger partial charge < -0.3 is 4.57 Å². The number of aromatic nitrogens is 1. The number of hydrogen-bond acceptors (Lipinski definition) is 2. The number of rotatable bonds is 2. The van der Waals surface area contributed by atoms with Crippen LogP contribution in [0.25, 0.3) is 10.9 Å². The molecule has 0 unspecified atom stereocenters. The fraction of sp³-hybridized carbons (Fsp3) is 0.300. The van der Waals surface area contributed by atoms with E-state index in [0.29, 0.717) is 6.04 Å². The Morgan fingerprint density at radius 2 is 1.83 bits per heavy atom. The molecule has 2 aromatic carbocycles. The Morgan fingerprint density at radius 1 is 1.04 bits per heavy atom. The molecule has 116 valence electrons. The minimum absolute atomic E-state index is 0.260. The highest BCUT2D eigenvalue weighted by Gasteiger charge is 2.43. The predicted molar refractivity (Wildman–Crippen MR) is 90.9 cm³/mol. The second-order valence-corrected chi connectivity index (χ2v) is 6.66. The fourth-order valence-corrected chi connectivity index (χ4v) is 4.16. The SMILES string of the molecule is C[C@H](c1ccccc1)N1O[C@@H]2C[C@H]1c1cc3ccccc3n1C2. The van der Waals surface area contributed by atoms with E-state index >= 15 is 0 Å². The zero-order valence-corrected chi connectivity index (χ0v) is 13.2. The van der Waals surface area contributed by atoms with Crippen LogP contribution in [0.4, 0.5) is 0 Å². The van der Waals surface area contributed by atoms with Crippen LogP contribution in [0.2, 0.25) is 0 Å². The molecule has 1 saturated heterocycles. The lowest BCUT2D eigenvalue weighted by Gasteiger charge is -2.28. The van der Waals surface area contributed by atoms with E-state index in [2.05, 4.69) is 77.2 Å². The molecule has 3 nitrogen and oxygen atoms in total. The second-order valence-electron chi connectivity index (χ2n) is 6.66. The third-order valence-corrected chi connectivity index (χ3v) is 5.30. The first kappa shape index (κ1) is 13.3. The average molecular weight is 304 g/mol. The highest BCUT2D eigenvalue weighted by Crippen LogP contribution is 2.45. The quantitative estimate of drug-likeness (QED) is 0.695. The van der Waals surface area contributed by atoms with Gasteiger partial charge in [-0.3, -0.25) is 4.84 Å². The molecule has 0 aliphatic carbocycles. The summed E-state index contributed by atoms with van der Waals surface area (Å²) in [5.74, 6) is 0. The molecule has 2 aliphatic heterocycles. The van der Waals surface area contributed by atoms with Crippen LogP contribution in [0, 0.1) is 0 Å². The van der Waals surface area contributed by atoms with E-state index in [0.717, 1.165) is 13.0 Å². The van der Waals surface area contributed by atoms with Crippen LogP contribution < -0.4 is 0 Å². The van der Waals surface area contributed by atoms with Gasteiger partial charge in [0.15, 0.2) is 0 Å². The number of para-hydroxylation sites is 1. The van der Waals surface area contributed by atoms with Crippen molar-refractivity contribution in [1.29, 1.82) is 0 Å². The molecule has 3 atom stereocenters. The van der Waals surface area contributed by atoms with Gasteiger partial charge in [0.05, 0.1) is 24.7 Å². The molecule has 1 fully saturated rings. The fourth-order valence-electron chi connectivity index (χ4n) is 4.16. The van der Waals surface area contributed by atoms with Gasteiger partial charge in [-0.25, -0.2) is 0 Å². The highest BCUT2D eigenvalue weighted by molar-refractivity contribution is 5.81. The minimum atomic E-state index is 0.260. The molecule has 0 spiro atoms. The molecule has 0 radical (unpaired) electrons. The van der Waals surface area contributed by atoms with Gasteiger partial charge in [-0.1, -0.05) is 48.5 Å². The van der Waals surface area contributed by atoms with Crippen molar-refractivity contribution in [2.75, 3.05) is 0 Å². The van der Waals surface area contributed by atoms with Crippen LogP contribution in [0.15, 0.2) is 60.7 Å². The van der Waals surface area contributed by atoms with E-state index in [4.69, 9.17) is 4.84 Å². The van der Waals surface area contributed by atoms with Crippen molar-refractivity contribution in [2.45, 2.75) is 38.1 Å².